The lowest BCUT2D eigenvalue weighted by molar-refractivity contribution is 0.410. The number of para-hydroxylation sites is 1. The third kappa shape index (κ3) is 2.32. The van der Waals surface area contributed by atoms with E-state index in [0.717, 1.165) is 46.2 Å². The second kappa shape index (κ2) is 5.74. The molecule has 23 heavy (non-hydrogen) atoms. The quantitative estimate of drug-likeness (QED) is 0.714. The maximum atomic E-state index is 5.49. The summed E-state index contributed by atoms with van der Waals surface area (Å²) in [7, 11) is 3.37. The van der Waals surface area contributed by atoms with Crippen LogP contribution in [0.3, 0.4) is 0 Å². The number of fused-ring (bicyclic) bond motifs is 2. The van der Waals surface area contributed by atoms with Crippen molar-refractivity contribution < 1.29 is 9.47 Å². The number of hydrogen-bond donors (Lipinski definition) is 0. The summed E-state index contributed by atoms with van der Waals surface area (Å²) in [6, 6.07) is 12.4. The van der Waals surface area contributed by atoms with E-state index in [9.17, 15) is 0 Å². The molecule has 0 saturated carbocycles. The van der Waals surface area contributed by atoms with Crippen molar-refractivity contribution in [2.75, 3.05) is 25.7 Å². The van der Waals surface area contributed by atoms with Crippen molar-refractivity contribution in [3.05, 3.63) is 42.0 Å². The molecule has 0 radical (unpaired) electrons. The number of hydrogen-bond acceptors (Lipinski definition) is 5. The van der Waals surface area contributed by atoms with Crippen molar-refractivity contribution in [2.45, 2.75) is 12.8 Å². The molecule has 118 valence electrons. The van der Waals surface area contributed by atoms with Crippen molar-refractivity contribution in [1.29, 1.82) is 0 Å². The van der Waals surface area contributed by atoms with Crippen LogP contribution in [0.5, 0.6) is 11.5 Å². The van der Waals surface area contributed by atoms with Crippen LogP contribution in [0.4, 0.5) is 10.8 Å². The van der Waals surface area contributed by atoms with Crippen LogP contribution in [0, 0.1) is 0 Å². The Balaban J connectivity index is 1.87. The van der Waals surface area contributed by atoms with Crippen LogP contribution >= 0.6 is 11.3 Å². The van der Waals surface area contributed by atoms with Gasteiger partial charge in [0.15, 0.2) is 5.13 Å². The Morgan fingerprint density at radius 3 is 2.65 bits per heavy atom. The van der Waals surface area contributed by atoms with E-state index in [-0.39, 0.29) is 0 Å². The summed E-state index contributed by atoms with van der Waals surface area (Å²) >= 11 is 1.66. The van der Waals surface area contributed by atoms with Gasteiger partial charge in [-0.15, -0.1) is 0 Å². The van der Waals surface area contributed by atoms with Crippen LogP contribution in [-0.2, 0) is 6.42 Å². The predicted molar refractivity (Wildman–Crippen MR) is 94.5 cm³/mol. The maximum absolute atomic E-state index is 5.49. The summed E-state index contributed by atoms with van der Waals surface area (Å²) in [4.78, 5) is 7.16. The van der Waals surface area contributed by atoms with E-state index in [2.05, 4.69) is 29.2 Å². The van der Waals surface area contributed by atoms with Gasteiger partial charge in [-0.1, -0.05) is 29.5 Å². The van der Waals surface area contributed by atoms with Gasteiger partial charge in [-0.05, 0) is 36.6 Å². The van der Waals surface area contributed by atoms with E-state index in [4.69, 9.17) is 14.5 Å². The predicted octanol–water partition coefficient (Wildman–Crippen LogP) is 4.40. The zero-order valence-electron chi connectivity index (χ0n) is 13.2. The van der Waals surface area contributed by atoms with Crippen molar-refractivity contribution >= 4 is 32.4 Å². The van der Waals surface area contributed by atoms with Gasteiger partial charge >= 0.3 is 0 Å². The van der Waals surface area contributed by atoms with Gasteiger partial charge in [-0.3, -0.25) is 0 Å². The van der Waals surface area contributed by atoms with Crippen LogP contribution < -0.4 is 14.4 Å². The number of ether oxygens (including phenoxy) is 2. The van der Waals surface area contributed by atoms with Crippen molar-refractivity contribution in [2.24, 2.45) is 0 Å². The first-order chi connectivity index (χ1) is 11.3. The lowest BCUT2D eigenvalue weighted by atomic mass is 10.0. The van der Waals surface area contributed by atoms with Gasteiger partial charge in [0.05, 0.1) is 14.2 Å². The van der Waals surface area contributed by atoms with Gasteiger partial charge in [0, 0.05) is 12.2 Å². The zero-order valence-corrected chi connectivity index (χ0v) is 14.0. The molecule has 4 nitrogen and oxygen atoms in total. The maximum Gasteiger partial charge on any atom is 0.191 e. The van der Waals surface area contributed by atoms with Gasteiger partial charge in [0.2, 0.25) is 0 Å². The lowest BCUT2D eigenvalue weighted by Gasteiger charge is -2.28. The molecule has 3 aromatic rings. The second-order valence-electron chi connectivity index (χ2n) is 5.53. The highest BCUT2D eigenvalue weighted by molar-refractivity contribution is 7.22. The van der Waals surface area contributed by atoms with E-state index in [1.165, 1.54) is 11.3 Å². The number of benzene rings is 2. The first-order valence-corrected chi connectivity index (χ1v) is 8.50. The summed E-state index contributed by atoms with van der Waals surface area (Å²) < 4.78 is 12.0. The summed E-state index contributed by atoms with van der Waals surface area (Å²) in [5, 5.41) is 0.995. The van der Waals surface area contributed by atoms with Gasteiger partial charge < -0.3 is 14.4 Å². The van der Waals surface area contributed by atoms with Crippen molar-refractivity contribution in [3.63, 3.8) is 0 Å². The smallest absolute Gasteiger partial charge is 0.191 e. The van der Waals surface area contributed by atoms with E-state index < -0.39 is 0 Å². The minimum absolute atomic E-state index is 0.786. The molecular weight excluding hydrogens is 308 g/mol. The zero-order chi connectivity index (χ0) is 15.8. The molecule has 5 heteroatoms. The molecule has 1 aliphatic rings. The topological polar surface area (TPSA) is 34.6 Å². The summed E-state index contributed by atoms with van der Waals surface area (Å²) in [6.45, 7) is 0.988. The van der Waals surface area contributed by atoms with Crippen LogP contribution in [-0.4, -0.2) is 25.7 Å². The molecule has 0 unspecified atom stereocenters. The van der Waals surface area contributed by atoms with Crippen molar-refractivity contribution in [1.82, 2.24) is 4.98 Å². The molecule has 0 atom stereocenters. The molecule has 0 spiro atoms. The van der Waals surface area contributed by atoms with E-state index in [1.807, 2.05) is 12.1 Å². The standard InChI is InChI=1S/C18H18N2O2S/c1-21-14-9-10-15(22-2)17-16(14)19-18(23-17)20-11-5-7-12-6-3-4-8-13(12)20/h3-4,6,8-10H,5,7,11H2,1-2H3. The Morgan fingerprint density at radius 2 is 1.83 bits per heavy atom. The first-order valence-electron chi connectivity index (χ1n) is 7.69. The number of anilines is 2. The van der Waals surface area contributed by atoms with Crippen LogP contribution in [0.2, 0.25) is 0 Å². The van der Waals surface area contributed by atoms with Crippen LogP contribution in [0.25, 0.3) is 10.2 Å². The molecule has 1 aliphatic heterocycles. The molecule has 2 aromatic carbocycles. The van der Waals surface area contributed by atoms with Gasteiger partial charge in [-0.25, -0.2) is 4.98 Å². The fourth-order valence-corrected chi connectivity index (χ4v) is 4.24. The first kappa shape index (κ1) is 14.3. The van der Waals surface area contributed by atoms with Crippen LogP contribution in [0.1, 0.15) is 12.0 Å². The number of nitrogens with zero attached hydrogens (tertiary/aromatic N) is 2. The Bertz CT molecular complexity index is 818. The molecule has 0 aliphatic carbocycles. The molecule has 0 bridgehead atoms. The van der Waals surface area contributed by atoms with E-state index in [1.54, 1.807) is 25.6 Å². The molecule has 0 saturated heterocycles. The van der Waals surface area contributed by atoms with Gasteiger partial charge in [0.1, 0.15) is 21.7 Å². The fourth-order valence-electron chi connectivity index (χ4n) is 3.12. The average molecular weight is 326 g/mol. The highest BCUT2D eigenvalue weighted by Gasteiger charge is 2.22. The highest BCUT2D eigenvalue weighted by Crippen LogP contribution is 2.43. The normalized spacial score (nSPS) is 13.9. The van der Waals surface area contributed by atoms with Crippen LogP contribution in [0.15, 0.2) is 36.4 Å². The third-order valence-corrected chi connectivity index (χ3v) is 5.33. The Morgan fingerprint density at radius 1 is 1.04 bits per heavy atom. The molecule has 0 fully saturated rings. The lowest BCUT2D eigenvalue weighted by Crippen LogP contribution is -2.24. The SMILES string of the molecule is COc1ccc(OC)c2sc(N3CCCc4ccccc43)nc12. The molecule has 0 N–H and O–H groups in total. The minimum atomic E-state index is 0.786. The summed E-state index contributed by atoms with van der Waals surface area (Å²) in [6.07, 6.45) is 2.27. The Kier molecular flexibility index (Phi) is 3.58. The average Bonchev–Trinajstić information content (AvgIpc) is 3.05. The Hall–Kier alpha value is -2.27. The van der Waals surface area contributed by atoms with E-state index in [0.29, 0.717) is 0 Å². The van der Waals surface area contributed by atoms with Gasteiger partial charge in [-0.2, -0.15) is 0 Å². The molecule has 2 heterocycles. The monoisotopic (exact) mass is 326 g/mol. The largest absolute Gasteiger partial charge is 0.495 e. The molecule has 1 aromatic heterocycles. The fraction of sp³-hybridized carbons (Fsp3) is 0.278. The molecular formula is C18H18N2O2S. The second-order valence-corrected chi connectivity index (χ2v) is 6.51. The van der Waals surface area contributed by atoms with Crippen molar-refractivity contribution in [3.8, 4) is 11.5 Å². The Labute approximate surface area is 139 Å². The summed E-state index contributed by atoms with van der Waals surface area (Å²) in [5.74, 6) is 1.63. The number of methoxy groups -OCH3 is 2. The highest BCUT2D eigenvalue weighted by atomic mass is 32.1. The number of thiazole rings is 1. The molecule has 0 amide bonds. The molecule has 4 rings (SSSR count). The van der Waals surface area contributed by atoms with Gasteiger partial charge in [0.25, 0.3) is 0 Å². The third-order valence-electron chi connectivity index (χ3n) is 4.24. The van der Waals surface area contributed by atoms with E-state index >= 15 is 0 Å². The number of aromatic nitrogens is 1. The number of rotatable bonds is 3. The summed E-state index contributed by atoms with van der Waals surface area (Å²) in [5.41, 5.74) is 3.52. The number of aryl methyl sites for hydroxylation is 1. The minimum Gasteiger partial charge on any atom is -0.495 e.